The Hall–Kier alpha value is -3.08. The molecule has 8 nitrogen and oxygen atoms in total. The second-order valence-corrected chi connectivity index (χ2v) is 8.66. The van der Waals surface area contributed by atoms with Crippen molar-refractivity contribution in [1.29, 1.82) is 0 Å². The highest BCUT2D eigenvalue weighted by atomic mass is 19.4. The summed E-state index contributed by atoms with van der Waals surface area (Å²) >= 11 is 0. The van der Waals surface area contributed by atoms with Gasteiger partial charge in [-0.05, 0) is 44.0 Å². The predicted octanol–water partition coefficient (Wildman–Crippen LogP) is 3.41. The Labute approximate surface area is 195 Å². The zero-order chi connectivity index (χ0) is 25.2. The lowest BCUT2D eigenvalue weighted by molar-refractivity contribution is -0.153. The third-order valence-electron chi connectivity index (χ3n) is 5.61. The molecule has 2 aromatic heterocycles. The standard InChI is InChI=1S/C23H30F3N5O3/c1-6-7-8-31-20-18(21(32)28-22(31)33)30(5)17(27-20)12-29(4)11-16-9-14(2)19(15(3)10-16)34-13-23(24,25)26/h9-10H,6-8,11-13H2,1-5H3,(H,28,32,33). The lowest BCUT2D eigenvalue weighted by atomic mass is 10.1. The number of benzene rings is 1. The summed E-state index contributed by atoms with van der Waals surface area (Å²) in [7, 11) is 3.62. The highest BCUT2D eigenvalue weighted by Crippen LogP contribution is 2.27. The molecule has 3 aromatic rings. The normalized spacial score (nSPS) is 12.1. The van der Waals surface area contributed by atoms with Crippen LogP contribution in [0.25, 0.3) is 11.2 Å². The second-order valence-electron chi connectivity index (χ2n) is 8.66. The van der Waals surface area contributed by atoms with Crippen molar-refractivity contribution in [3.63, 3.8) is 0 Å². The molecule has 0 fully saturated rings. The highest BCUT2D eigenvalue weighted by molar-refractivity contribution is 5.70. The second kappa shape index (κ2) is 10.0. The summed E-state index contributed by atoms with van der Waals surface area (Å²) in [5, 5.41) is 0. The van der Waals surface area contributed by atoms with Crippen molar-refractivity contribution in [2.45, 2.75) is 59.4 Å². The van der Waals surface area contributed by atoms with Gasteiger partial charge in [-0.15, -0.1) is 0 Å². The molecule has 0 bridgehead atoms. The largest absolute Gasteiger partial charge is 0.484 e. The zero-order valence-electron chi connectivity index (χ0n) is 20.0. The van der Waals surface area contributed by atoms with Gasteiger partial charge in [0.15, 0.2) is 17.8 Å². The molecule has 0 saturated heterocycles. The van der Waals surface area contributed by atoms with E-state index in [1.807, 2.05) is 18.9 Å². The quantitative estimate of drug-likeness (QED) is 0.506. The molecule has 11 heteroatoms. The number of halogens is 3. The number of unbranched alkanes of at least 4 members (excludes halogenated alkanes) is 1. The smallest absolute Gasteiger partial charge is 0.422 e. The van der Waals surface area contributed by atoms with Crippen LogP contribution in [0.5, 0.6) is 5.75 Å². The minimum Gasteiger partial charge on any atom is -0.484 e. The van der Waals surface area contributed by atoms with Crippen molar-refractivity contribution in [2.24, 2.45) is 7.05 Å². The minimum atomic E-state index is -4.40. The van der Waals surface area contributed by atoms with Crippen LogP contribution in [0.2, 0.25) is 0 Å². The fourth-order valence-corrected chi connectivity index (χ4v) is 4.08. The molecule has 3 rings (SSSR count). The first-order valence-corrected chi connectivity index (χ1v) is 11.1. The summed E-state index contributed by atoms with van der Waals surface area (Å²) in [5.74, 6) is 0.862. The SMILES string of the molecule is CCCCn1c(=O)[nH]c(=O)c2c1nc(CN(C)Cc1cc(C)c(OCC(F)(F)F)c(C)c1)n2C. The van der Waals surface area contributed by atoms with Crippen LogP contribution in [0, 0.1) is 13.8 Å². The molecule has 0 aliphatic rings. The van der Waals surface area contributed by atoms with Gasteiger partial charge >= 0.3 is 11.9 Å². The fraction of sp³-hybridized carbons (Fsp3) is 0.522. The van der Waals surface area contributed by atoms with Crippen LogP contribution in [-0.2, 0) is 26.7 Å². The van der Waals surface area contributed by atoms with Crippen LogP contribution >= 0.6 is 0 Å². The van der Waals surface area contributed by atoms with Crippen LogP contribution in [0.3, 0.4) is 0 Å². The summed E-state index contributed by atoms with van der Waals surface area (Å²) in [6.45, 7) is 5.50. The number of aromatic amines is 1. The third kappa shape index (κ3) is 5.69. The number of H-pyrrole nitrogens is 1. The molecule has 0 amide bonds. The van der Waals surface area contributed by atoms with Gasteiger partial charge in [-0.25, -0.2) is 9.78 Å². The molecule has 0 unspecified atom stereocenters. The van der Waals surface area contributed by atoms with Crippen LogP contribution in [-0.4, -0.2) is 43.8 Å². The van der Waals surface area contributed by atoms with Gasteiger partial charge in [0.1, 0.15) is 11.6 Å². The maximum Gasteiger partial charge on any atom is 0.422 e. The molecule has 34 heavy (non-hydrogen) atoms. The molecule has 0 saturated carbocycles. The van der Waals surface area contributed by atoms with Crippen molar-refractivity contribution in [1.82, 2.24) is 24.0 Å². The number of nitrogens with one attached hydrogen (secondary N) is 1. The topological polar surface area (TPSA) is 85.2 Å². The highest BCUT2D eigenvalue weighted by Gasteiger charge is 2.29. The number of fused-ring (bicyclic) bond motifs is 1. The van der Waals surface area contributed by atoms with Crippen LogP contribution in [0.1, 0.15) is 42.3 Å². The molecular weight excluding hydrogens is 451 g/mol. The summed E-state index contributed by atoms with van der Waals surface area (Å²) in [6, 6.07) is 3.61. The van der Waals surface area contributed by atoms with Crippen LogP contribution in [0.15, 0.2) is 21.7 Å². The van der Waals surface area contributed by atoms with Gasteiger partial charge in [-0.2, -0.15) is 13.2 Å². The van der Waals surface area contributed by atoms with Crippen molar-refractivity contribution < 1.29 is 17.9 Å². The monoisotopic (exact) mass is 481 g/mol. The van der Waals surface area contributed by atoms with Gasteiger partial charge < -0.3 is 9.30 Å². The summed E-state index contributed by atoms with van der Waals surface area (Å²) in [5.41, 5.74) is 1.93. The van der Waals surface area contributed by atoms with E-state index in [-0.39, 0.29) is 5.75 Å². The van der Waals surface area contributed by atoms with Crippen molar-refractivity contribution >= 4 is 11.2 Å². The van der Waals surface area contributed by atoms with Gasteiger partial charge in [0.2, 0.25) is 0 Å². The Morgan fingerprint density at radius 3 is 2.38 bits per heavy atom. The van der Waals surface area contributed by atoms with Crippen LogP contribution in [0.4, 0.5) is 13.2 Å². The Bertz CT molecular complexity index is 1270. The van der Waals surface area contributed by atoms with E-state index >= 15 is 0 Å². The van der Waals surface area contributed by atoms with E-state index in [4.69, 9.17) is 4.74 Å². The summed E-state index contributed by atoms with van der Waals surface area (Å²) < 4.78 is 45.7. The van der Waals surface area contributed by atoms with Gasteiger partial charge in [0, 0.05) is 20.1 Å². The Kier molecular flexibility index (Phi) is 7.54. The average Bonchev–Trinajstić information content (AvgIpc) is 3.02. The molecule has 0 aliphatic carbocycles. The lowest BCUT2D eigenvalue weighted by Crippen LogP contribution is -2.31. The minimum absolute atomic E-state index is 0.239. The number of alkyl halides is 3. The van der Waals surface area contributed by atoms with E-state index < -0.39 is 24.0 Å². The molecule has 0 atom stereocenters. The predicted molar refractivity (Wildman–Crippen MR) is 123 cm³/mol. The number of aryl methyl sites for hydroxylation is 4. The van der Waals surface area contributed by atoms with E-state index in [0.29, 0.717) is 47.7 Å². The van der Waals surface area contributed by atoms with E-state index in [1.165, 1.54) is 4.57 Å². The molecule has 1 aromatic carbocycles. The lowest BCUT2D eigenvalue weighted by Gasteiger charge is -2.19. The van der Waals surface area contributed by atoms with Crippen molar-refractivity contribution in [2.75, 3.05) is 13.7 Å². The number of hydrogen-bond acceptors (Lipinski definition) is 5. The van der Waals surface area contributed by atoms with E-state index in [0.717, 1.165) is 18.4 Å². The number of nitrogens with zero attached hydrogens (tertiary/aromatic N) is 4. The van der Waals surface area contributed by atoms with Gasteiger partial charge in [-0.1, -0.05) is 25.5 Å². The molecule has 186 valence electrons. The summed E-state index contributed by atoms with van der Waals surface area (Å²) in [4.78, 5) is 33.7. The third-order valence-corrected chi connectivity index (χ3v) is 5.61. The maximum atomic E-state index is 12.5. The first-order chi connectivity index (χ1) is 15.9. The number of aromatic nitrogens is 4. The number of imidazole rings is 1. The van der Waals surface area contributed by atoms with Gasteiger partial charge in [0.05, 0.1) is 6.54 Å². The molecule has 0 radical (unpaired) electrons. The Morgan fingerprint density at radius 2 is 1.79 bits per heavy atom. The zero-order valence-corrected chi connectivity index (χ0v) is 20.0. The van der Waals surface area contributed by atoms with E-state index in [1.54, 1.807) is 37.6 Å². The average molecular weight is 482 g/mol. The number of hydrogen-bond donors (Lipinski definition) is 1. The van der Waals surface area contributed by atoms with Crippen molar-refractivity contribution in [3.8, 4) is 5.75 Å². The van der Waals surface area contributed by atoms with Crippen LogP contribution < -0.4 is 16.0 Å². The van der Waals surface area contributed by atoms with Crippen molar-refractivity contribution in [3.05, 3.63) is 55.5 Å². The Balaban J connectivity index is 1.82. The molecular formula is C23H30F3N5O3. The van der Waals surface area contributed by atoms with Gasteiger partial charge in [-0.3, -0.25) is 19.2 Å². The molecule has 0 spiro atoms. The maximum absolute atomic E-state index is 12.5. The number of rotatable bonds is 9. The number of ether oxygens (including phenoxy) is 1. The first kappa shape index (κ1) is 25.5. The molecule has 1 N–H and O–H groups in total. The van der Waals surface area contributed by atoms with E-state index in [9.17, 15) is 22.8 Å². The first-order valence-electron chi connectivity index (χ1n) is 11.1. The molecule has 2 heterocycles. The molecule has 0 aliphatic heterocycles. The van der Waals surface area contributed by atoms with E-state index in [2.05, 4.69) is 9.97 Å². The summed E-state index contributed by atoms with van der Waals surface area (Å²) in [6.07, 6.45) is -2.71. The Morgan fingerprint density at radius 1 is 1.15 bits per heavy atom. The fourth-order valence-electron chi connectivity index (χ4n) is 4.08. The van der Waals surface area contributed by atoms with Gasteiger partial charge in [0.25, 0.3) is 5.56 Å².